The summed E-state index contributed by atoms with van der Waals surface area (Å²) in [6.45, 7) is 0. The van der Waals surface area contributed by atoms with E-state index >= 15 is 0 Å². The first-order valence-corrected chi connectivity index (χ1v) is 19.8. The molecule has 0 fully saturated rings. The molecule has 5 heterocycles. The van der Waals surface area contributed by atoms with Crippen molar-refractivity contribution >= 4 is 75.3 Å². The van der Waals surface area contributed by atoms with Crippen LogP contribution in [0, 0.1) is 0 Å². The summed E-state index contributed by atoms with van der Waals surface area (Å²) < 4.78 is 5.79. The van der Waals surface area contributed by atoms with Gasteiger partial charge in [0.05, 0.1) is 27.8 Å². The number of aromatic nitrogens is 6. The Hall–Kier alpha value is -7.48. The molecule has 0 bridgehead atoms. The Balaban J connectivity index is 1.16. The maximum Gasteiger partial charge on any atom is 0.238 e. The first-order chi connectivity index (χ1) is 28.3. The molecule has 0 aliphatic carbocycles. The lowest BCUT2D eigenvalue weighted by molar-refractivity contribution is 0.955. The fourth-order valence-electron chi connectivity index (χ4n) is 8.57. The van der Waals surface area contributed by atoms with Crippen LogP contribution in [0.5, 0.6) is 0 Å². The van der Waals surface area contributed by atoms with Crippen LogP contribution in [-0.2, 0) is 0 Å². The number of rotatable bonds is 5. The molecule has 0 aliphatic heterocycles. The molecule has 7 heteroatoms. The van der Waals surface area contributed by atoms with Gasteiger partial charge >= 0.3 is 0 Å². The number of benzene rings is 7. The summed E-state index contributed by atoms with van der Waals surface area (Å²) in [6, 6.07) is 61.9. The Morgan fingerprint density at radius 2 is 1.00 bits per heavy atom. The average molecular weight is 747 g/mol. The van der Waals surface area contributed by atoms with Crippen molar-refractivity contribution < 1.29 is 0 Å². The molecule has 12 aromatic rings. The molecule has 0 unspecified atom stereocenters. The number of hydrogen-bond donors (Lipinski definition) is 0. The lowest BCUT2D eigenvalue weighted by Crippen LogP contribution is -2.07. The van der Waals surface area contributed by atoms with Crippen molar-refractivity contribution in [2.75, 3.05) is 0 Å². The van der Waals surface area contributed by atoms with Crippen molar-refractivity contribution in [3.05, 3.63) is 182 Å². The Kier molecular flexibility index (Phi) is 7.00. The largest absolute Gasteiger partial charge is 0.309 e. The van der Waals surface area contributed by atoms with Gasteiger partial charge in [0.25, 0.3) is 0 Å². The molecule has 0 radical (unpaired) electrons. The molecule has 6 nitrogen and oxygen atoms in total. The highest BCUT2D eigenvalue weighted by Gasteiger charge is 2.23. The van der Waals surface area contributed by atoms with Crippen LogP contribution < -0.4 is 0 Å². The van der Waals surface area contributed by atoms with Crippen molar-refractivity contribution in [1.82, 2.24) is 29.1 Å². The van der Waals surface area contributed by atoms with Gasteiger partial charge in [0.15, 0.2) is 11.6 Å². The van der Waals surface area contributed by atoms with E-state index in [4.69, 9.17) is 19.9 Å². The van der Waals surface area contributed by atoms with Crippen LogP contribution in [0.25, 0.3) is 109 Å². The van der Waals surface area contributed by atoms with Crippen molar-refractivity contribution in [3.8, 4) is 45.5 Å². The summed E-state index contributed by atoms with van der Waals surface area (Å²) >= 11 is 1.71. The third-order valence-corrected chi connectivity index (χ3v) is 12.1. The third kappa shape index (κ3) is 4.89. The van der Waals surface area contributed by atoms with Gasteiger partial charge in [-0.05, 0) is 60.2 Å². The van der Waals surface area contributed by atoms with E-state index in [1.54, 1.807) is 11.3 Å². The molecule has 0 saturated heterocycles. The maximum absolute atomic E-state index is 5.39. The van der Waals surface area contributed by atoms with Crippen LogP contribution in [-0.4, -0.2) is 29.1 Å². The standard InChI is InChI=1S/C50H30N6S/c1-3-14-31(15-4-1)39-30-33(25-27-43(39)55-40-22-10-7-18-34(40)35-19-8-11-23-41(35)55)48-52-47(32-16-5-2-6-17-32)53-50(54-48)56-42-24-12-9-20-36(42)37-26-28-44-45(46(37)56)38-21-13-29-51-49(38)57-44/h1-30H. The first kappa shape index (κ1) is 31.8. The van der Waals surface area contributed by atoms with Crippen LogP contribution in [0.2, 0.25) is 0 Å². The molecule has 0 N–H and O–H groups in total. The van der Waals surface area contributed by atoms with Crippen LogP contribution in [0.4, 0.5) is 0 Å². The molecule has 7 aromatic carbocycles. The molecule has 5 aromatic heterocycles. The molecule has 0 aliphatic rings. The topological polar surface area (TPSA) is 61.4 Å². The fraction of sp³-hybridized carbons (Fsp3) is 0. The molecule has 266 valence electrons. The summed E-state index contributed by atoms with van der Waals surface area (Å²) in [5, 5.41) is 7.01. The molecule has 0 amide bonds. The Morgan fingerprint density at radius 3 is 1.70 bits per heavy atom. The fourth-order valence-corrected chi connectivity index (χ4v) is 9.62. The molecule has 57 heavy (non-hydrogen) atoms. The van der Waals surface area contributed by atoms with E-state index in [0.717, 1.165) is 76.4 Å². The Morgan fingerprint density at radius 1 is 0.421 bits per heavy atom. The van der Waals surface area contributed by atoms with Gasteiger partial charge in [-0.25, -0.2) is 9.97 Å². The minimum absolute atomic E-state index is 0.563. The van der Waals surface area contributed by atoms with Crippen molar-refractivity contribution in [2.24, 2.45) is 0 Å². The van der Waals surface area contributed by atoms with Gasteiger partial charge in [-0.15, -0.1) is 11.3 Å². The van der Waals surface area contributed by atoms with Crippen LogP contribution in [0.1, 0.15) is 0 Å². The zero-order valence-corrected chi connectivity index (χ0v) is 31.2. The predicted octanol–water partition coefficient (Wildman–Crippen LogP) is 12.8. The van der Waals surface area contributed by atoms with Crippen molar-refractivity contribution in [3.63, 3.8) is 0 Å². The van der Waals surface area contributed by atoms with Gasteiger partial charge in [0.2, 0.25) is 5.95 Å². The highest BCUT2D eigenvalue weighted by Crippen LogP contribution is 2.43. The summed E-state index contributed by atoms with van der Waals surface area (Å²) in [4.78, 5) is 21.6. The number of thiophene rings is 1. The molecular weight excluding hydrogens is 717 g/mol. The number of para-hydroxylation sites is 3. The number of fused-ring (bicyclic) bond motifs is 10. The third-order valence-electron chi connectivity index (χ3n) is 11.1. The lowest BCUT2D eigenvalue weighted by atomic mass is 10.00. The van der Waals surface area contributed by atoms with E-state index in [-0.39, 0.29) is 0 Å². The predicted molar refractivity (Wildman–Crippen MR) is 235 cm³/mol. The summed E-state index contributed by atoms with van der Waals surface area (Å²) in [7, 11) is 0. The lowest BCUT2D eigenvalue weighted by Gasteiger charge is -2.16. The van der Waals surface area contributed by atoms with E-state index < -0.39 is 0 Å². The van der Waals surface area contributed by atoms with Crippen LogP contribution in [0.3, 0.4) is 0 Å². The molecule has 12 rings (SSSR count). The van der Waals surface area contributed by atoms with Crippen molar-refractivity contribution in [2.45, 2.75) is 0 Å². The van der Waals surface area contributed by atoms with Crippen LogP contribution >= 0.6 is 11.3 Å². The normalized spacial score (nSPS) is 11.9. The highest BCUT2D eigenvalue weighted by molar-refractivity contribution is 7.25. The maximum atomic E-state index is 5.39. The number of pyridine rings is 1. The quantitative estimate of drug-likeness (QED) is 0.176. The van der Waals surface area contributed by atoms with Gasteiger partial charge < -0.3 is 4.57 Å². The van der Waals surface area contributed by atoms with Gasteiger partial charge in [-0.1, -0.05) is 121 Å². The minimum atomic E-state index is 0.563. The number of nitrogens with zero attached hydrogens (tertiary/aromatic N) is 6. The zero-order valence-electron chi connectivity index (χ0n) is 30.4. The van der Waals surface area contributed by atoms with E-state index in [0.29, 0.717) is 17.6 Å². The number of hydrogen-bond acceptors (Lipinski definition) is 5. The smallest absolute Gasteiger partial charge is 0.238 e. The minimum Gasteiger partial charge on any atom is -0.309 e. The molecular formula is C50H30N6S. The SMILES string of the molecule is c1ccc(-c2nc(-c3ccc(-n4c5ccccc5c5ccccc54)c(-c4ccccc4)c3)nc(-n3c4ccccc4c4ccc5sc6ncccc6c5c43)n2)cc1. The van der Waals surface area contributed by atoms with Gasteiger partial charge in [-0.3, -0.25) is 4.57 Å². The Labute approximate surface area is 330 Å². The van der Waals surface area contributed by atoms with Gasteiger partial charge in [-0.2, -0.15) is 9.97 Å². The second-order valence-corrected chi connectivity index (χ2v) is 15.3. The van der Waals surface area contributed by atoms with E-state index in [1.807, 2.05) is 30.5 Å². The van der Waals surface area contributed by atoms with E-state index in [2.05, 4.69) is 161 Å². The second-order valence-electron chi connectivity index (χ2n) is 14.3. The average Bonchev–Trinajstić information content (AvgIpc) is 3.94. The van der Waals surface area contributed by atoms with Gasteiger partial charge in [0.1, 0.15) is 4.83 Å². The van der Waals surface area contributed by atoms with Crippen molar-refractivity contribution in [1.29, 1.82) is 0 Å². The Bertz CT molecular complexity index is 3470. The summed E-state index contributed by atoms with van der Waals surface area (Å²) in [5.74, 6) is 1.77. The monoisotopic (exact) mass is 746 g/mol. The van der Waals surface area contributed by atoms with Crippen LogP contribution in [0.15, 0.2) is 182 Å². The van der Waals surface area contributed by atoms with Gasteiger partial charge in [0, 0.05) is 59.9 Å². The molecule has 0 atom stereocenters. The second kappa shape index (κ2) is 12.5. The summed E-state index contributed by atoms with van der Waals surface area (Å²) in [5.41, 5.74) is 9.51. The molecule has 0 saturated carbocycles. The zero-order chi connectivity index (χ0) is 37.5. The first-order valence-electron chi connectivity index (χ1n) is 19.0. The summed E-state index contributed by atoms with van der Waals surface area (Å²) in [6.07, 6.45) is 1.87. The van der Waals surface area contributed by atoms with E-state index in [1.165, 1.54) is 15.5 Å². The van der Waals surface area contributed by atoms with E-state index in [9.17, 15) is 0 Å². The highest BCUT2D eigenvalue weighted by atomic mass is 32.1. The molecule has 0 spiro atoms.